The predicted molar refractivity (Wildman–Crippen MR) is 62.2 cm³/mol. The summed E-state index contributed by atoms with van der Waals surface area (Å²) in [6.07, 6.45) is 5.29. The number of anilines is 1. The minimum absolute atomic E-state index is 0.00216. The van der Waals surface area contributed by atoms with Gasteiger partial charge in [-0.15, -0.1) is 0 Å². The quantitative estimate of drug-likeness (QED) is 0.778. The van der Waals surface area contributed by atoms with E-state index < -0.39 is 0 Å². The van der Waals surface area contributed by atoms with Gasteiger partial charge in [0.25, 0.3) is 0 Å². The van der Waals surface area contributed by atoms with Crippen molar-refractivity contribution in [3.8, 4) is 0 Å². The van der Waals surface area contributed by atoms with Crippen molar-refractivity contribution in [2.24, 2.45) is 0 Å². The largest absolute Gasteiger partial charge is 0.395 e. The Morgan fingerprint density at radius 1 is 1.38 bits per heavy atom. The van der Waals surface area contributed by atoms with E-state index in [1.807, 2.05) is 12.1 Å². The van der Waals surface area contributed by atoms with Gasteiger partial charge in [-0.05, 0) is 25.3 Å². The van der Waals surface area contributed by atoms with Crippen LogP contribution < -0.4 is 4.90 Å². The first-order chi connectivity index (χ1) is 7.86. The van der Waals surface area contributed by atoms with Crippen LogP contribution in [0.4, 0.5) is 5.82 Å². The molecule has 1 aromatic rings. The normalized spacial score (nSPS) is 15.9. The molecule has 4 nitrogen and oxygen atoms in total. The second-order valence-electron chi connectivity index (χ2n) is 4.15. The fourth-order valence-electron chi connectivity index (χ4n) is 2.08. The van der Waals surface area contributed by atoms with Gasteiger partial charge in [-0.3, -0.25) is 0 Å². The molecule has 16 heavy (non-hydrogen) atoms. The molecule has 0 spiro atoms. The molecular formula is C12H18N2O2. The molecule has 2 N–H and O–H groups in total. The smallest absolute Gasteiger partial charge is 0.134 e. The second kappa shape index (κ2) is 5.27. The van der Waals surface area contributed by atoms with Gasteiger partial charge in [-0.1, -0.05) is 6.07 Å². The van der Waals surface area contributed by atoms with Crippen LogP contribution in [0.3, 0.4) is 0 Å². The van der Waals surface area contributed by atoms with E-state index in [0.29, 0.717) is 12.6 Å². The average molecular weight is 222 g/mol. The van der Waals surface area contributed by atoms with Crippen LogP contribution in [0.15, 0.2) is 18.3 Å². The van der Waals surface area contributed by atoms with Gasteiger partial charge in [0.15, 0.2) is 0 Å². The molecule has 0 atom stereocenters. The molecule has 2 rings (SSSR count). The van der Waals surface area contributed by atoms with E-state index in [1.54, 1.807) is 6.20 Å². The van der Waals surface area contributed by atoms with Gasteiger partial charge in [0, 0.05) is 24.3 Å². The lowest BCUT2D eigenvalue weighted by Gasteiger charge is -2.38. The highest BCUT2D eigenvalue weighted by molar-refractivity contribution is 5.47. The maximum Gasteiger partial charge on any atom is 0.134 e. The van der Waals surface area contributed by atoms with Crippen molar-refractivity contribution in [3.63, 3.8) is 0 Å². The highest BCUT2D eigenvalue weighted by Crippen LogP contribution is 2.29. The first-order valence-electron chi connectivity index (χ1n) is 5.79. The Morgan fingerprint density at radius 2 is 2.19 bits per heavy atom. The molecule has 4 heteroatoms. The molecule has 1 fully saturated rings. The Bertz CT molecular complexity index is 340. The maximum absolute atomic E-state index is 9.28. The third kappa shape index (κ3) is 2.18. The lowest BCUT2D eigenvalue weighted by atomic mass is 9.91. The van der Waals surface area contributed by atoms with E-state index in [-0.39, 0.29) is 13.2 Å². The molecule has 1 aliphatic rings. The zero-order valence-corrected chi connectivity index (χ0v) is 9.34. The van der Waals surface area contributed by atoms with Crippen LogP contribution in [0.25, 0.3) is 0 Å². The standard InChI is InChI=1S/C12H18N2O2/c15-8-7-14(11-4-1-5-11)12-10(9-16)3-2-6-13-12/h2-3,6,11,15-16H,1,4-5,7-9H2. The zero-order chi connectivity index (χ0) is 11.4. The minimum atomic E-state index is -0.00216. The summed E-state index contributed by atoms with van der Waals surface area (Å²) in [6, 6.07) is 4.19. The summed E-state index contributed by atoms with van der Waals surface area (Å²) < 4.78 is 0. The van der Waals surface area contributed by atoms with Crippen LogP contribution >= 0.6 is 0 Å². The van der Waals surface area contributed by atoms with Gasteiger partial charge in [0.1, 0.15) is 5.82 Å². The molecule has 0 aliphatic heterocycles. The van der Waals surface area contributed by atoms with Crippen LogP contribution in [-0.2, 0) is 6.61 Å². The summed E-state index contributed by atoms with van der Waals surface area (Å²) in [4.78, 5) is 6.45. The second-order valence-corrected chi connectivity index (χ2v) is 4.15. The van der Waals surface area contributed by atoms with Crippen molar-refractivity contribution in [1.29, 1.82) is 0 Å². The Labute approximate surface area is 95.5 Å². The van der Waals surface area contributed by atoms with Crippen molar-refractivity contribution < 1.29 is 10.2 Å². The third-order valence-corrected chi connectivity index (χ3v) is 3.17. The van der Waals surface area contributed by atoms with E-state index in [9.17, 15) is 5.11 Å². The van der Waals surface area contributed by atoms with Crippen LogP contribution in [0.1, 0.15) is 24.8 Å². The van der Waals surface area contributed by atoms with Crippen molar-refractivity contribution in [1.82, 2.24) is 4.98 Å². The van der Waals surface area contributed by atoms with E-state index in [1.165, 1.54) is 6.42 Å². The van der Waals surface area contributed by atoms with Crippen LogP contribution in [-0.4, -0.2) is 34.4 Å². The molecule has 1 aromatic heterocycles. The van der Waals surface area contributed by atoms with Crippen molar-refractivity contribution >= 4 is 5.82 Å². The number of nitrogens with zero attached hydrogens (tertiary/aromatic N) is 2. The molecule has 0 unspecified atom stereocenters. The number of pyridine rings is 1. The van der Waals surface area contributed by atoms with E-state index >= 15 is 0 Å². The van der Waals surface area contributed by atoms with Crippen LogP contribution in [0, 0.1) is 0 Å². The first kappa shape index (κ1) is 11.4. The molecule has 0 saturated heterocycles. The monoisotopic (exact) mass is 222 g/mol. The first-order valence-corrected chi connectivity index (χ1v) is 5.79. The molecule has 0 aromatic carbocycles. The predicted octanol–water partition coefficient (Wildman–Crippen LogP) is 0.925. The van der Waals surface area contributed by atoms with E-state index in [0.717, 1.165) is 24.2 Å². The summed E-state index contributed by atoms with van der Waals surface area (Å²) in [5.41, 5.74) is 0.836. The van der Waals surface area contributed by atoms with Crippen LogP contribution in [0.2, 0.25) is 0 Å². The SMILES string of the molecule is OCCN(c1ncccc1CO)C1CCC1. The summed E-state index contributed by atoms with van der Waals surface area (Å²) >= 11 is 0. The summed E-state index contributed by atoms with van der Waals surface area (Å²) in [7, 11) is 0. The molecule has 1 aliphatic carbocycles. The minimum Gasteiger partial charge on any atom is -0.395 e. The Hall–Kier alpha value is -1.13. The lowest BCUT2D eigenvalue weighted by molar-refractivity contribution is 0.273. The van der Waals surface area contributed by atoms with Gasteiger partial charge >= 0.3 is 0 Å². The van der Waals surface area contributed by atoms with Crippen molar-refractivity contribution in [2.75, 3.05) is 18.1 Å². The Kier molecular flexibility index (Phi) is 3.74. The molecule has 88 valence electrons. The zero-order valence-electron chi connectivity index (χ0n) is 9.34. The lowest BCUT2D eigenvalue weighted by Crippen LogP contribution is -2.42. The highest BCUT2D eigenvalue weighted by Gasteiger charge is 2.26. The maximum atomic E-state index is 9.28. The van der Waals surface area contributed by atoms with Gasteiger partial charge in [-0.25, -0.2) is 4.98 Å². The molecule has 1 saturated carbocycles. The Balaban J connectivity index is 2.22. The molecule has 0 radical (unpaired) electrons. The van der Waals surface area contributed by atoms with Gasteiger partial charge < -0.3 is 15.1 Å². The highest BCUT2D eigenvalue weighted by atomic mass is 16.3. The van der Waals surface area contributed by atoms with Gasteiger partial charge in [0.05, 0.1) is 13.2 Å². The van der Waals surface area contributed by atoms with Gasteiger partial charge in [0.2, 0.25) is 0 Å². The van der Waals surface area contributed by atoms with Gasteiger partial charge in [-0.2, -0.15) is 0 Å². The third-order valence-electron chi connectivity index (χ3n) is 3.17. The number of hydrogen-bond acceptors (Lipinski definition) is 4. The summed E-state index contributed by atoms with van der Waals surface area (Å²) in [6.45, 7) is 0.713. The molecule has 1 heterocycles. The fraction of sp³-hybridized carbons (Fsp3) is 0.583. The van der Waals surface area contributed by atoms with E-state index in [2.05, 4.69) is 9.88 Å². The van der Waals surface area contributed by atoms with Crippen LogP contribution in [0.5, 0.6) is 0 Å². The van der Waals surface area contributed by atoms with Crippen molar-refractivity contribution in [3.05, 3.63) is 23.9 Å². The fourth-order valence-corrected chi connectivity index (χ4v) is 2.08. The summed E-state index contributed by atoms with van der Waals surface area (Å²) in [5, 5.41) is 18.4. The average Bonchev–Trinajstić information content (AvgIpc) is 2.26. The summed E-state index contributed by atoms with van der Waals surface area (Å²) in [5.74, 6) is 0.823. The number of hydrogen-bond donors (Lipinski definition) is 2. The number of rotatable bonds is 5. The number of aliphatic hydroxyl groups is 2. The molecule has 0 amide bonds. The van der Waals surface area contributed by atoms with E-state index in [4.69, 9.17) is 5.11 Å². The number of aliphatic hydroxyl groups excluding tert-OH is 2. The molecular weight excluding hydrogens is 204 g/mol. The number of aromatic nitrogens is 1. The topological polar surface area (TPSA) is 56.6 Å². The molecule has 0 bridgehead atoms. The van der Waals surface area contributed by atoms with Crippen molar-refractivity contribution in [2.45, 2.75) is 31.9 Å². The Morgan fingerprint density at radius 3 is 2.75 bits per heavy atom.